The second kappa shape index (κ2) is 63.6. The Hall–Kier alpha value is -2.17. The minimum atomic E-state index is -4.63. The number of quaternary nitrogens is 1. The molecular weight excluding hydrogens is 1120 g/mol. The number of rotatable bonds is 70. The van der Waals surface area contributed by atoms with Gasteiger partial charge in [-0.3, -0.25) is 28.2 Å². The third kappa shape index (κ3) is 58.9. The summed E-state index contributed by atoms with van der Waals surface area (Å²) in [6.07, 6.45) is 67.2. The molecule has 0 aromatic rings. The van der Waals surface area contributed by atoms with E-state index >= 15 is 0 Å². The molecule has 0 aliphatic rings. The number of hydrogen-bond donors (Lipinski definition) is 1. The summed E-state index contributed by atoms with van der Waals surface area (Å²) in [5.41, 5.74) is 0. The number of phosphoric acid groups is 1. The van der Waals surface area contributed by atoms with Crippen LogP contribution in [0.4, 0.5) is 0 Å². The highest BCUT2D eigenvalue weighted by molar-refractivity contribution is 7.47. The Morgan fingerprint density at radius 2 is 0.659 bits per heavy atom. The number of carbonyl (C=O) groups excluding carboxylic acids is 4. The largest absolute Gasteiger partial charge is 0.472 e. The number of nitrogens with zero attached hydrogens (tertiary/aromatic N) is 1. The maximum Gasteiger partial charge on any atom is 0.472 e. The standard InChI is InChI=1S/C76H144NO10P/c1-8-12-16-20-24-28-32-36-38-40-44-48-52-56-60-64-73(78)71(62-58-54-50-46-42-34-30-26-22-18-14-10-3)75(80)84-68-70(69-86-88(82,83)85-67-66-77(5,6)7)87-76(81)72(63-59-55-51-47-43-35-31-27-23-19-15-11-4)74(79)65-61-57-53-49-45-41-39-37-33-29-25-21-17-13-9-2/h36-39,70-72H,8-35,40-69H2,1-7H3/p+1/b38-36-,39-37-. The lowest BCUT2D eigenvalue weighted by Crippen LogP contribution is -2.37. The van der Waals surface area contributed by atoms with Crippen LogP contribution in [0.1, 0.15) is 374 Å². The predicted molar refractivity (Wildman–Crippen MR) is 373 cm³/mol. The first kappa shape index (κ1) is 85.8. The summed E-state index contributed by atoms with van der Waals surface area (Å²) in [6.45, 7) is 8.30. The molecule has 518 valence electrons. The Morgan fingerprint density at radius 1 is 0.375 bits per heavy atom. The lowest BCUT2D eigenvalue weighted by Gasteiger charge is -2.25. The first-order chi connectivity index (χ1) is 42.7. The maximum atomic E-state index is 14.4. The molecule has 0 heterocycles. The van der Waals surface area contributed by atoms with Crippen LogP contribution in [0.5, 0.6) is 0 Å². The fourth-order valence-electron chi connectivity index (χ4n) is 11.6. The van der Waals surface area contributed by atoms with Crippen molar-refractivity contribution in [3.63, 3.8) is 0 Å². The highest BCUT2D eigenvalue weighted by atomic mass is 31.2. The van der Waals surface area contributed by atoms with Gasteiger partial charge in [-0.2, -0.15) is 0 Å². The van der Waals surface area contributed by atoms with Gasteiger partial charge in [-0.1, -0.05) is 309 Å². The molecule has 0 spiro atoms. The van der Waals surface area contributed by atoms with Crippen molar-refractivity contribution in [2.24, 2.45) is 11.8 Å². The van der Waals surface area contributed by atoms with Gasteiger partial charge in [-0.25, -0.2) is 4.57 Å². The summed E-state index contributed by atoms with van der Waals surface area (Å²) in [7, 11) is 1.20. The zero-order valence-electron chi connectivity index (χ0n) is 59.1. The SMILES string of the molecule is CCCCCCCC/C=C\CCCCCCCC(=O)C(CCCCCCCCCCCCCC)C(=O)OCC(COP(=O)(O)OCC[N+](C)(C)C)OC(=O)C(CCCCCCCCCCCCCC)C(=O)CCCCCCC/C=C\CCCCCCCC. The van der Waals surface area contributed by atoms with Gasteiger partial charge in [0.1, 0.15) is 43.2 Å². The average Bonchev–Trinajstić information content (AvgIpc) is 3.70. The summed E-state index contributed by atoms with van der Waals surface area (Å²) >= 11 is 0. The number of carbonyl (C=O) groups is 4. The van der Waals surface area contributed by atoms with Gasteiger partial charge < -0.3 is 18.9 Å². The molecule has 0 rings (SSSR count). The Kier molecular flexibility index (Phi) is 62.0. The van der Waals surface area contributed by atoms with Gasteiger partial charge in [0.2, 0.25) is 0 Å². The van der Waals surface area contributed by atoms with Crippen molar-refractivity contribution in [3.05, 3.63) is 24.3 Å². The molecule has 0 aromatic heterocycles. The van der Waals surface area contributed by atoms with E-state index in [-0.39, 0.29) is 31.0 Å². The fourth-order valence-corrected chi connectivity index (χ4v) is 12.3. The average molecular weight is 1260 g/mol. The summed E-state index contributed by atoms with van der Waals surface area (Å²) < 4.78 is 36.5. The minimum Gasteiger partial charge on any atom is -0.461 e. The number of allylic oxidation sites excluding steroid dienone is 4. The molecule has 11 nitrogen and oxygen atoms in total. The lowest BCUT2D eigenvalue weighted by atomic mass is 9.92. The molecular formula is C76H145NO10P+. The summed E-state index contributed by atoms with van der Waals surface area (Å²) in [5, 5.41) is 0. The van der Waals surface area contributed by atoms with Crippen LogP contribution >= 0.6 is 7.82 Å². The van der Waals surface area contributed by atoms with E-state index in [1.54, 1.807) is 0 Å². The fraction of sp³-hybridized carbons (Fsp3) is 0.895. The van der Waals surface area contributed by atoms with Crippen molar-refractivity contribution in [1.82, 2.24) is 0 Å². The Balaban J connectivity index is 6.06. The zero-order valence-corrected chi connectivity index (χ0v) is 60.0. The van der Waals surface area contributed by atoms with Crippen LogP contribution in [-0.4, -0.2) is 86.5 Å². The molecule has 1 N–H and O–H groups in total. The van der Waals surface area contributed by atoms with E-state index in [0.717, 1.165) is 116 Å². The van der Waals surface area contributed by atoms with Crippen molar-refractivity contribution in [3.8, 4) is 0 Å². The normalized spacial score (nSPS) is 13.8. The van der Waals surface area contributed by atoms with Crippen LogP contribution in [0.2, 0.25) is 0 Å². The van der Waals surface area contributed by atoms with Crippen LogP contribution < -0.4 is 0 Å². The van der Waals surface area contributed by atoms with Crippen molar-refractivity contribution in [1.29, 1.82) is 0 Å². The van der Waals surface area contributed by atoms with Crippen LogP contribution in [-0.2, 0) is 42.3 Å². The summed E-state index contributed by atoms with van der Waals surface area (Å²) in [4.78, 5) is 67.5. The third-order valence-electron chi connectivity index (χ3n) is 17.5. The number of hydrogen-bond acceptors (Lipinski definition) is 9. The highest BCUT2D eigenvalue weighted by Crippen LogP contribution is 2.43. The monoisotopic (exact) mass is 1260 g/mol. The Bertz CT molecular complexity index is 1700. The number of Topliss-reactive ketones (excluding diaryl/α,β-unsaturated/α-hetero) is 2. The van der Waals surface area contributed by atoms with Gasteiger partial charge >= 0.3 is 19.8 Å². The molecule has 0 aromatic carbocycles. The van der Waals surface area contributed by atoms with Crippen molar-refractivity contribution < 1.29 is 51.6 Å². The first-order valence-electron chi connectivity index (χ1n) is 37.9. The van der Waals surface area contributed by atoms with E-state index in [0.29, 0.717) is 49.6 Å². The first-order valence-corrected chi connectivity index (χ1v) is 39.4. The van der Waals surface area contributed by atoms with Crippen LogP contribution in [0.25, 0.3) is 0 Å². The second-order valence-corrected chi connectivity index (χ2v) is 28.8. The number of likely N-dealkylation sites (N-methyl/N-ethyl adjacent to an activating group) is 1. The van der Waals surface area contributed by atoms with Gasteiger partial charge in [-0.05, 0) is 77.0 Å². The van der Waals surface area contributed by atoms with E-state index in [1.807, 2.05) is 21.1 Å². The van der Waals surface area contributed by atoms with E-state index in [4.69, 9.17) is 18.5 Å². The molecule has 88 heavy (non-hydrogen) atoms. The number of ether oxygens (including phenoxy) is 2. The summed E-state index contributed by atoms with van der Waals surface area (Å²) in [6, 6.07) is 0. The minimum absolute atomic E-state index is 0.0533. The Morgan fingerprint density at radius 3 is 0.977 bits per heavy atom. The Labute approximate surface area is 544 Å². The smallest absolute Gasteiger partial charge is 0.461 e. The van der Waals surface area contributed by atoms with Crippen LogP contribution in [0, 0.1) is 11.8 Å². The van der Waals surface area contributed by atoms with E-state index in [2.05, 4.69) is 52.0 Å². The second-order valence-electron chi connectivity index (χ2n) is 27.4. The van der Waals surface area contributed by atoms with Gasteiger partial charge in [0, 0.05) is 12.8 Å². The van der Waals surface area contributed by atoms with Gasteiger partial charge in [-0.15, -0.1) is 0 Å². The van der Waals surface area contributed by atoms with Crippen molar-refractivity contribution >= 4 is 31.3 Å². The molecule has 0 aliphatic carbocycles. The molecule has 4 unspecified atom stereocenters. The molecule has 0 radical (unpaired) electrons. The molecule has 12 heteroatoms. The number of phosphoric ester groups is 1. The number of esters is 2. The molecule has 4 atom stereocenters. The highest BCUT2D eigenvalue weighted by Gasteiger charge is 2.34. The van der Waals surface area contributed by atoms with Crippen LogP contribution in [0.3, 0.4) is 0 Å². The molecule has 0 amide bonds. The molecule has 0 saturated carbocycles. The quantitative estimate of drug-likeness (QED) is 0.0156. The number of ketones is 2. The topological polar surface area (TPSA) is 143 Å². The van der Waals surface area contributed by atoms with Gasteiger partial charge in [0.25, 0.3) is 0 Å². The predicted octanol–water partition coefficient (Wildman–Crippen LogP) is 22.9. The van der Waals surface area contributed by atoms with Gasteiger partial charge in [0.05, 0.1) is 27.7 Å². The molecule has 0 bridgehead atoms. The van der Waals surface area contributed by atoms with Crippen molar-refractivity contribution in [2.45, 2.75) is 381 Å². The lowest BCUT2D eigenvalue weighted by molar-refractivity contribution is -0.870. The molecule has 0 fully saturated rings. The number of unbranched alkanes of at least 4 members (excludes halogenated alkanes) is 44. The van der Waals surface area contributed by atoms with Gasteiger partial charge in [0.15, 0.2) is 6.10 Å². The zero-order chi connectivity index (χ0) is 64.7. The molecule has 0 saturated heterocycles. The van der Waals surface area contributed by atoms with E-state index < -0.39 is 50.9 Å². The van der Waals surface area contributed by atoms with E-state index in [1.165, 1.54) is 180 Å². The van der Waals surface area contributed by atoms with Crippen molar-refractivity contribution in [2.75, 3.05) is 47.5 Å². The van der Waals surface area contributed by atoms with Crippen LogP contribution in [0.15, 0.2) is 24.3 Å². The molecule has 0 aliphatic heterocycles. The maximum absolute atomic E-state index is 14.4. The summed E-state index contributed by atoms with van der Waals surface area (Å²) in [5.74, 6) is -3.70. The van der Waals surface area contributed by atoms with E-state index in [9.17, 15) is 28.6 Å². The third-order valence-corrected chi connectivity index (χ3v) is 18.5.